The second-order valence-electron chi connectivity index (χ2n) is 5.23. The fourth-order valence-corrected chi connectivity index (χ4v) is 4.05. The summed E-state index contributed by atoms with van der Waals surface area (Å²) in [5.41, 5.74) is 0. The fourth-order valence-electron chi connectivity index (χ4n) is 2.01. The van der Waals surface area contributed by atoms with E-state index in [4.69, 9.17) is 11.6 Å². The van der Waals surface area contributed by atoms with Gasteiger partial charge in [-0.25, -0.2) is 8.42 Å². The number of likely N-dealkylation sites (N-methyl/N-ethyl adjacent to an activating group) is 1. The molecule has 2 aromatic rings. The Morgan fingerprint density at radius 2 is 1.76 bits per heavy atom. The van der Waals surface area contributed by atoms with Crippen LogP contribution in [0.2, 0.25) is 5.02 Å². The molecule has 5 nitrogen and oxygen atoms in total. The quantitative estimate of drug-likeness (QED) is 0.548. The van der Waals surface area contributed by atoms with Gasteiger partial charge in [-0.15, -0.1) is 11.8 Å². The SMILES string of the molecule is CN(CC(=O)NCCSc1ccc(Cl)cc1)S(=O)(=O)c1ccccc1. The van der Waals surface area contributed by atoms with Crippen LogP contribution in [-0.2, 0) is 14.8 Å². The van der Waals surface area contributed by atoms with E-state index in [0.29, 0.717) is 17.3 Å². The second-order valence-corrected chi connectivity index (χ2v) is 8.88. The summed E-state index contributed by atoms with van der Waals surface area (Å²) in [6.45, 7) is 0.230. The third kappa shape index (κ3) is 6.04. The minimum Gasteiger partial charge on any atom is -0.354 e. The lowest BCUT2D eigenvalue weighted by Gasteiger charge is -2.16. The summed E-state index contributed by atoms with van der Waals surface area (Å²) in [5.74, 6) is 0.349. The molecule has 134 valence electrons. The zero-order valence-corrected chi connectivity index (χ0v) is 16.1. The Morgan fingerprint density at radius 3 is 2.40 bits per heavy atom. The van der Waals surface area contributed by atoms with Crippen molar-refractivity contribution < 1.29 is 13.2 Å². The molecule has 0 aromatic heterocycles. The summed E-state index contributed by atoms with van der Waals surface area (Å²) < 4.78 is 25.7. The average molecular weight is 399 g/mol. The highest BCUT2D eigenvalue weighted by Crippen LogP contribution is 2.19. The lowest BCUT2D eigenvalue weighted by Crippen LogP contribution is -2.39. The molecule has 0 bridgehead atoms. The minimum atomic E-state index is -3.66. The summed E-state index contributed by atoms with van der Waals surface area (Å²) >= 11 is 7.41. The van der Waals surface area contributed by atoms with Crippen molar-refractivity contribution in [3.63, 3.8) is 0 Å². The maximum Gasteiger partial charge on any atom is 0.243 e. The summed E-state index contributed by atoms with van der Waals surface area (Å²) in [6.07, 6.45) is 0. The van der Waals surface area contributed by atoms with Crippen molar-refractivity contribution in [1.29, 1.82) is 0 Å². The predicted molar refractivity (Wildman–Crippen MR) is 101 cm³/mol. The molecule has 0 spiro atoms. The first kappa shape index (κ1) is 19.8. The van der Waals surface area contributed by atoms with Gasteiger partial charge in [0.2, 0.25) is 15.9 Å². The van der Waals surface area contributed by atoms with Crippen LogP contribution in [-0.4, -0.2) is 44.5 Å². The maximum absolute atomic E-state index is 12.3. The van der Waals surface area contributed by atoms with Gasteiger partial charge in [0.25, 0.3) is 0 Å². The van der Waals surface area contributed by atoms with Gasteiger partial charge in [0.1, 0.15) is 0 Å². The van der Waals surface area contributed by atoms with E-state index in [1.54, 1.807) is 30.0 Å². The van der Waals surface area contributed by atoms with E-state index in [2.05, 4.69) is 5.32 Å². The molecule has 1 amide bonds. The van der Waals surface area contributed by atoms with Gasteiger partial charge in [0.15, 0.2) is 0 Å². The van der Waals surface area contributed by atoms with Crippen LogP contribution in [0.5, 0.6) is 0 Å². The molecule has 0 saturated heterocycles. The van der Waals surface area contributed by atoms with Crippen LogP contribution < -0.4 is 5.32 Å². The number of sulfonamides is 1. The molecule has 0 fully saturated rings. The van der Waals surface area contributed by atoms with Gasteiger partial charge < -0.3 is 5.32 Å². The number of halogens is 1. The number of hydrogen-bond donors (Lipinski definition) is 1. The first-order valence-electron chi connectivity index (χ1n) is 7.56. The van der Waals surface area contributed by atoms with E-state index in [1.165, 1.54) is 19.2 Å². The molecule has 0 atom stereocenters. The molecule has 0 aliphatic carbocycles. The largest absolute Gasteiger partial charge is 0.354 e. The van der Waals surface area contributed by atoms with Crippen LogP contribution >= 0.6 is 23.4 Å². The molecular weight excluding hydrogens is 380 g/mol. The number of carbonyl (C=O) groups is 1. The van der Waals surface area contributed by atoms with E-state index in [-0.39, 0.29) is 17.3 Å². The van der Waals surface area contributed by atoms with Gasteiger partial charge in [-0.05, 0) is 36.4 Å². The highest BCUT2D eigenvalue weighted by molar-refractivity contribution is 7.99. The zero-order valence-electron chi connectivity index (χ0n) is 13.7. The van der Waals surface area contributed by atoms with E-state index in [0.717, 1.165) is 9.20 Å². The first-order valence-corrected chi connectivity index (χ1v) is 10.4. The Bertz CT molecular complexity index is 796. The third-order valence-corrected chi connectivity index (χ3v) is 6.41. The van der Waals surface area contributed by atoms with Crippen molar-refractivity contribution in [3.05, 3.63) is 59.6 Å². The number of thioether (sulfide) groups is 1. The molecule has 0 saturated carbocycles. The molecule has 2 rings (SSSR count). The van der Waals surface area contributed by atoms with Crippen LogP contribution in [0.15, 0.2) is 64.4 Å². The Labute approximate surface area is 157 Å². The predicted octanol–water partition coefficient (Wildman–Crippen LogP) is 2.87. The van der Waals surface area contributed by atoms with Crippen molar-refractivity contribution in [2.45, 2.75) is 9.79 Å². The van der Waals surface area contributed by atoms with Crippen molar-refractivity contribution in [2.24, 2.45) is 0 Å². The normalized spacial score (nSPS) is 11.5. The lowest BCUT2D eigenvalue weighted by atomic mass is 10.4. The summed E-state index contributed by atoms with van der Waals surface area (Å²) in [5, 5.41) is 3.41. The molecule has 8 heteroatoms. The monoisotopic (exact) mass is 398 g/mol. The molecule has 0 aliphatic heterocycles. The molecule has 0 radical (unpaired) electrons. The van der Waals surface area contributed by atoms with E-state index < -0.39 is 10.0 Å². The summed E-state index contributed by atoms with van der Waals surface area (Å²) in [6, 6.07) is 15.5. The van der Waals surface area contributed by atoms with E-state index in [1.807, 2.05) is 24.3 Å². The first-order chi connectivity index (χ1) is 11.9. The lowest BCUT2D eigenvalue weighted by molar-refractivity contribution is -0.121. The van der Waals surface area contributed by atoms with Crippen molar-refractivity contribution in [2.75, 3.05) is 25.9 Å². The van der Waals surface area contributed by atoms with Gasteiger partial charge in [0.05, 0.1) is 11.4 Å². The van der Waals surface area contributed by atoms with Crippen LogP contribution in [0, 0.1) is 0 Å². The van der Waals surface area contributed by atoms with Gasteiger partial charge in [-0.2, -0.15) is 4.31 Å². The van der Waals surface area contributed by atoms with E-state index in [9.17, 15) is 13.2 Å². The molecule has 0 unspecified atom stereocenters. The van der Waals surface area contributed by atoms with Gasteiger partial charge in [-0.3, -0.25) is 4.79 Å². The summed E-state index contributed by atoms with van der Waals surface area (Å²) in [4.78, 5) is 13.2. The third-order valence-electron chi connectivity index (χ3n) is 3.32. The number of carbonyl (C=O) groups excluding carboxylic acids is 1. The van der Waals surface area contributed by atoms with Crippen LogP contribution in [0.3, 0.4) is 0 Å². The number of amides is 1. The fraction of sp³-hybridized carbons (Fsp3) is 0.235. The molecular formula is C17H19ClN2O3S2. The zero-order chi connectivity index (χ0) is 18.3. The average Bonchev–Trinajstić information content (AvgIpc) is 2.61. The van der Waals surface area contributed by atoms with Gasteiger partial charge in [-0.1, -0.05) is 29.8 Å². The highest BCUT2D eigenvalue weighted by Gasteiger charge is 2.22. The van der Waals surface area contributed by atoms with Crippen LogP contribution in [0.1, 0.15) is 0 Å². The molecule has 0 aliphatic rings. The standard InChI is InChI=1S/C17H19ClN2O3S2/c1-20(25(22,23)16-5-3-2-4-6-16)13-17(21)19-11-12-24-15-9-7-14(18)8-10-15/h2-10H,11-13H2,1H3,(H,19,21). The van der Waals surface area contributed by atoms with E-state index >= 15 is 0 Å². The Balaban J connectivity index is 1.77. The molecule has 25 heavy (non-hydrogen) atoms. The number of nitrogens with zero attached hydrogens (tertiary/aromatic N) is 1. The summed E-state index contributed by atoms with van der Waals surface area (Å²) in [7, 11) is -2.26. The minimum absolute atomic E-state index is 0.170. The van der Waals surface area contributed by atoms with Gasteiger partial charge >= 0.3 is 0 Å². The number of hydrogen-bond acceptors (Lipinski definition) is 4. The second kappa shape index (κ2) is 9.24. The molecule has 2 aromatic carbocycles. The van der Waals surface area contributed by atoms with Crippen LogP contribution in [0.4, 0.5) is 0 Å². The molecule has 1 N–H and O–H groups in total. The smallest absolute Gasteiger partial charge is 0.243 e. The van der Waals surface area contributed by atoms with Gasteiger partial charge in [0, 0.05) is 29.3 Å². The number of rotatable bonds is 8. The van der Waals surface area contributed by atoms with Crippen molar-refractivity contribution >= 4 is 39.3 Å². The Hall–Kier alpha value is -1.54. The highest BCUT2D eigenvalue weighted by atomic mass is 35.5. The topological polar surface area (TPSA) is 66.5 Å². The Kier molecular flexibility index (Phi) is 7.31. The van der Waals surface area contributed by atoms with Crippen molar-refractivity contribution in [3.8, 4) is 0 Å². The van der Waals surface area contributed by atoms with Crippen molar-refractivity contribution in [1.82, 2.24) is 9.62 Å². The maximum atomic E-state index is 12.3. The Morgan fingerprint density at radius 1 is 1.12 bits per heavy atom. The molecule has 0 heterocycles. The van der Waals surface area contributed by atoms with Crippen LogP contribution in [0.25, 0.3) is 0 Å². The number of benzene rings is 2. The number of nitrogens with one attached hydrogen (secondary N) is 1.